The molecule has 0 spiro atoms. The number of amides is 1. The number of nitrogens with one attached hydrogen (secondary N) is 2. The van der Waals surface area contributed by atoms with Crippen LogP contribution in [0.5, 0.6) is 0 Å². The van der Waals surface area contributed by atoms with Crippen LogP contribution in [0, 0.1) is 0 Å². The fourth-order valence-corrected chi connectivity index (χ4v) is 2.08. The van der Waals surface area contributed by atoms with E-state index in [2.05, 4.69) is 15.7 Å². The van der Waals surface area contributed by atoms with Crippen molar-refractivity contribution in [2.24, 2.45) is 4.99 Å². The van der Waals surface area contributed by atoms with E-state index in [0.717, 1.165) is 5.69 Å². The van der Waals surface area contributed by atoms with Crippen molar-refractivity contribution in [3.63, 3.8) is 0 Å². The molecule has 1 aromatic heterocycles. The van der Waals surface area contributed by atoms with Gasteiger partial charge in [-0.1, -0.05) is 47.1 Å². The molecule has 0 aliphatic carbocycles. The molecule has 0 aliphatic heterocycles. The van der Waals surface area contributed by atoms with Gasteiger partial charge in [-0.15, -0.1) is 5.43 Å². The van der Waals surface area contributed by atoms with Gasteiger partial charge in [0.05, 0.1) is 5.69 Å². The zero-order valence-electron chi connectivity index (χ0n) is 13.0. The zero-order chi connectivity index (χ0) is 16.6. The van der Waals surface area contributed by atoms with Gasteiger partial charge in [0.25, 0.3) is 11.9 Å². The minimum absolute atomic E-state index is 0.227. The third-order valence-corrected chi connectivity index (χ3v) is 3.22. The van der Waals surface area contributed by atoms with Crippen molar-refractivity contribution in [1.29, 1.82) is 0 Å². The highest BCUT2D eigenvalue weighted by Crippen LogP contribution is 2.09. The Balaban J connectivity index is 1.84. The standard InChI is InChI=1S/C19H16N4O/c24-18(16-10-4-1-5-11-16)21-19(20-17-12-6-2-7-13-17)22-23-14-8-3-9-15-23/h1-15H,(H-,20,21,22,24)/p+1. The smallest absolute Gasteiger partial charge is 0.260 e. The van der Waals surface area contributed by atoms with E-state index in [1.807, 2.05) is 79.1 Å². The summed E-state index contributed by atoms with van der Waals surface area (Å²) in [4.78, 5) is 16.9. The van der Waals surface area contributed by atoms with Gasteiger partial charge in [-0.25, -0.2) is 4.99 Å². The number of carbonyl (C=O) groups excluding carboxylic acids is 1. The molecule has 2 aromatic carbocycles. The maximum absolute atomic E-state index is 12.4. The second-order valence-corrected chi connectivity index (χ2v) is 5.01. The highest BCUT2D eigenvalue weighted by molar-refractivity contribution is 6.08. The first kappa shape index (κ1) is 15.4. The fraction of sp³-hybridized carbons (Fsp3) is 0. The maximum atomic E-state index is 12.4. The molecule has 3 rings (SSSR count). The highest BCUT2D eigenvalue weighted by Gasteiger charge is 2.11. The van der Waals surface area contributed by atoms with Crippen LogP contribution in [0.25, 0.3) is 0 Å². The van der Waals surface area contributed by atoms with Crippen molar-refractivity contribution >= 4 is 17.6 Å². The predicted octanol–water partition coefficient (Wildman–Crippen LogP) is 2.64. The minimum atomic E-state index is -0.227. The third kappa shape index (κ3) is 4.27. The van der Waals surface area contributed by atoms with Gasteiger partial charge in [0, 0.05) is 17.7 Å². The summed E-state index contributed by atoms with van der Waals surface area (Å²) in [5.74, 6) is 0.112. The number of aromatic nitrogens is 1. The first-order chi connectivity index (χ1) is 11.8. The molecule has 0 saturated carbocycles. The second kappa shape index (κ2) is 7.69. The monoisotopic (exact) mass is 317 g/mol. The molecule has 1 amide bonds. The number of hydrogen-bond donors (Lipinski definition) is 2. The first-order valence-electron chi connectivity index (χ1n) is 7.55. The average molecular weight is 317 g/mol. The van der Waals surface area contributed by atoms with Gasteiger partial charge in [0.2, 0.25) is 0 Å². The Morgan fingerprint density at radius 3 is 2.04 bits per heavy atom. The number of nitrogens with zero attached hydrogens (tertiary/aromatic N) is 2. The molecular weight excluding hydrogens is 300 g/mol. The van der Waals surface area contributed by atoms with E-state index in [0.29, 0.717) is 11.5 Å². The van der Waals surface area contributed by atoms with Crippen LogP contribution in [-0.2, 0) is 0 Å². The number of guanidine groups is 1. The van der Waals surface area contributed by atoms with Crippen LogP contribution in [0.15, 0.2) is 96.2 Å². The summed E-state index contributed by atoms with van der Waals surface area (Å²) in [5.41, 5.74) is 4.37. The summed E-state index contributed by atoms with van der Waals surface area (Å²) in [6.07, 6.45) is 3.66. The molecule has 5 nitrogen and oxygen atoms in total. The minimum Gasteiger partial charge on any atom is -0.288 e. The summed E-state index contributed by atoms with van der Waals surface area (Å²) in [6, 6.07) is 24.1. The van der Waals surface area contributed by atoms with Gasteiger partial charge in [-0.3, -0.25) is 10.1 Å². The molecule has 24 heavy (non-hydrogen) atoms. The van der Waals surface area contributed by atoms with Gasteiger partial charge in [-0.05, 0) is 24.3 Å². The summed E-state index contributed by atoms with van der Waals surface area (Å²) in [6.45, 7) is 0. The van der Waals surface area contributed by atoms with E-state index in [1.165, 1.54) is 0 Å². The third-order valence-electron chi connectivity index (χ3n) is 3.22. The molecule has 0 fully saturated rings. The normalized spacial score (nSPS) is 10.9. The van der Waals surface area contributed by atoms with Crippen LogP contribution >= 0.6 is 0 Å². The van der Waals surface area contributed by atoms with Crippen molar-refractivity contribution in [3.8, 4) is 0 Å². The van der Waals surface area contributed by atoms with Gasteiger partial charge in [0.1, 0.15) is 0 Å². The molecule has 0 unspecified atom stereocenters. The fourth-order valence-electron chi connectivity index (χ4n) is 2.08. The van der Waals surface area contributed by atoms with Gasteiger partial charge < -0.3 is 0 Å². The van der Waals surface area contributed by atoms with Crippen molar-refractivity contribution in [2.75, 3.05) is 5.43 Å². The first-order valence-corrected chi connectivity index (χ1v) is 7.55. The summed E-state index contributed by atoms with van der Waals surface area (Å²) < 4.78 is 1.72. The van der Waals surface area contributed by atoms with Gasteiger partial charge >= 0.3 is 0 Å². The SMILES string of the molecule is O=C(NC(=Nc1ccccc1)N[n+]1ccccc1)c1ccccc1. The molecule has 0 aliphatic rings. The molecule has 0 bridgehead atoms. The lowest BCUT2D eigenvalue weighted by Gasteiger charge is -2.07. The predicted molar refractivity (Wildman–Crippen MR) is 93.4 cm³/mol. The number of aliphatic imine (C=N–C) groups is 1. The summed E-state index contributed by atoms with van der Waals surface area (Å²) >= 11 is 0. The number of rotatable bonds is 3. The van der Waals surface area contributed by atoms with Crippen LogP contribution in [0.3, 0.4) is 0 Å². The summed E-state index contributed by atoms with van der Waals surface area (Å²) in [7, 11) is 0. The average Bonchev–Trinajstić information content (AvgIpc) is 2.64. The van der Waals surface area contributed by atoms with E-state index in [1.54, 1.807) is 16.8 Å². The Morgan fingerprint density at radius 1 is 0.792 bits per heavy atom. The van der Waals surface area contributed by atoms with E-state index in [-0.39, 0.29) is 5.91 Å². The Bertz CT molecular complexity index is 818. The Labute approximate surface area is 140 Å². The molecule has 0 saturated heterocycles. The van der Waals surface area contributed by atoms with Crippen molar-refractivity contribution < 1.29 is 9.47 Å². The van der Waals surface area contributed by atoms with Crippen LogP contribution < -0.4 is 15.4 Å². The second-order valence-electron chi connectivity index (χ2n) is 5.01. The number of pyridine rings is 1. The number of carbonyl (C=O) groups is 1. The Kier molecular flexibility index (Phi) is 4.94. The largest absolute Gasteiger partial charge is 0.288 e. The lowest BCUT2D eigenvalue weighted by Crippen LogP contribution is -2.53. The van der Waals surface area contributed by atoms with E-state index >= 15 is 0 Å². The van der Waals surface area contributed by atoms with Gasteiger partial charge in [0.15, 0.2) is 12.4 Å². The molecular formula is C19H17N4O+. The van der Waals surface area contributed by atoms with Crippen LogP contribution in [0.2, 0.25) is 0 Å². The maximum Gasteiger partial charge on any atom is 0.260 e. The number of para-hydroxylation sites is 1. The van der Waals surface area contributed by atoms with Gasteiger partial charge in [-0.2, -0.15) is 0 Å². The zero-order valence-corrected chi connectivity index (χ0v) is 13.0. The molecule has 0 atom stereocenters. The Morgan fingerprint density at radius 2 is 1.38 bits per heavy atom. The van der Waals surface area contributed by atoms with Crippen LogP contribution in [-0.4, -0.2) is 11.9 Å². The quantitative estimate of drug-likeness (QED) is 0.443. The molecule has 1 heterocycles. The molecule has 118 valence electrons. The molecule has 2 N–H and O–H groups in total. The Hall–Kier alpha value is -3.47. The topological polar surface area (TPSA) is 57.4 Å². The summed E-state index contributed by atoms with van der Waals surface area (Å²) in [5, 5.41) is 2.81. The molecule has 0 radical (unpaired) electrons. The van der Waals surface area contributed by atoms with Crippen LogP contribution in [0.1, 0.15) is 10.4 Å². The van der Waals surface area contributed by atoms with Crippen molar-refractivity contribution in [3.05, 3.63) is 96.8 Å². The van der Waals surface area contributed by atoms with Crippen LogP contribution in [0.4, 0.5) is 5.69 Å². The van der Waals surface area contributed by atoms with Crippen molar-refractivity contribution in [1.82, 2.24) is 5.32 Å². The molecule has 5 heteroatoms. The highest BCUT2D eigenvalue weighted by atomic mass is 16.1. The van der Waals surface area contributed by atoms with Crippen molar-refractivity contribution in [2.45, 2.75) is 0 Å². The van der Waals surface area contributed by atoms with E-state index in [4.69, 9.17) is 0 Å². The number of benzene rings is 2. The lowest BCUT2D eigenvalue weighted by molar-refractivity contribution is -0.640. The van der Waals surface area contributed by atoms with E-state index < -0.39 is 0 Å². The lowest BCUT2D eigenvalue weighted by atomic mass is 10.2. The number of hydrogen-bond acceptors (Lipinski definition) is 2. The van der Waals surface area contributed by atoms with E-state index in [9.17, 15) is 4.79 Å². The molecule has 3 aromatic rings.